The van der Waals surface area contributed by atoms with E-state index in [0.29, 0.717) is 38.7 Å². The van der Waals surface area contributed by atoms with Crippen molar-refractivity contribution in [2.75, 3.05) is 5.32 Å². The van der Waals surface area contributed by atoms with Crippen molar-refractivity contribution in [3.63, 3.8) is 0 Å². The SMILES string of the molecule is O=C(NN=Cc1ccccc1OC(=O)c1ccccc1)c1cccc(NC(=O)c2ccc(Cl)cc2)c1. The maximum Gasteiger partial charge on any atom is 0.343 e. The largest absolute Gasteiger partial charge is 0.422 e. The van der Waals surface area contributed by atoms with E-state index in [0.717, 1.165) is 0 Å². The predicted molar refractivity (Wildman–Crippen MR) is 139 cm³/mol. The van der Waals surface area contributed by atoms with Gasteiger partial charge >= 0.3 is 5.97 Å². The highest BCUT2D eigenvalue weighted by Crippen LogP contribution is 2.18. The minimum atomic E-state index is -0.502. The van der Waals surface area contributed by atoms with Gasteiger partial charge in [-0.25, -0.2) is 10.2 Å². The maximum atomic E-state index is 12.6. The fourth-order valence-electron chi connectivity index (χ4n) is 3.18. The van der Waals surface area contributed by atoms with Crippen LogP contribution in [0.3, 0.4) is 0 Å². The molecule has 0 fully saturated rings. The third kappa shape index (κ3) is 6.43. The minimum absolute atomic E-state index is 0.296. The van der Waals surface area contributed by atoms with Crippen LogP contribution in [0, 0.1) is 0 Å². The summed E-state index contributed by atoms with van der Waals surface area (Å²) in [7, 11) is 0. The van der Waals surface area contributed by atoms with Crippen LogP contribution in [-0.4, -0.2) is 24.0 Å². The number of hydrogen-bond acceptors (Lipinski definition) is 5. The van der Waals surface area contributed by atoms with Crippen molar-refractivity contribution in [2.24, 2.45) is 5.10 Å². The molecule has 0 aliphatic heterocycles. The molecule has 8 heteroatoms. The van der Waals surface area contributed by atoms with Crippen LogP contribution in [-0.2, 0) is 0 Å². The Kier molecular flexibility index (Phi) is 7.85. The summed E-state index contributed by atoms with van der Waals surface area (Å²) in [6, 6.07) is 28.4. The molecule has 7 nitrogen and oxygen atoms in total. The van der Waals surface area contributed by atoms with Crippen molar-refractivity contribution in [3.05, 3.63) is 130 Å². The van der Waals surface area contributed by atoms with Gasteiger partial charge in [-0.3, -0.25) is 9.59 Å². The summed E-state index contributed by atoms with van der Waals surface area (Å²) in [4.78, 5) is 37.4. The van der Waals surface area contributed by atoms with Crippen LogP contribution in [0.4, 0.5) is 5.69 Å². The zero-order valence-electron chi connectivity index (χ0n) is 18.9. The van der Waals surface area contributed by atoms with E-state index < -0.39 is 11.9 Å². The van der Waals surface area contributed by atoms with E-state index in [1.165, 1.54) is 12.3 Å². The van der Waals surface area contributed by atoms with E-state index in [1.807, 2.05) is 6.07 Å². The van der Waals surface area contributed by atoms with Gasteiger partial charge in [-0.15, -0.1) is 0 Å². The number of carbonyl (C=O) groups excluding carboxylic acids is 3. The minimum Gasteiger partial charge on any atom is -0.422 e. The first kappa shape index (κ1) is 24.4. The Labute approximate surface area is 212 Å². The van der Waals surface area contributed by atoms with Crippen LogP contribution in [0.1, 0.15) is 36.6 Å². The number of nitrogens with zero attached hydrogens (tertiary/aromatic N) is 1. The molecular weight excluding hydrogens is 478 g/mol. The van der Waals surface area contributed by atoms with Crippen LogP contribution >= 0.6 is 11.6 Å². The fourth-order valence-corrected chi connectivity index (χ4v) is 3.31. The van der Waals surface area contributed by atoms with Crippen molar-refractivity contribution in [3.8, 4) is 5.75 Å². The lowest BCUT2D eigenvalue weighted by Crippen LogP contribution is -2.18. The average molecular weight is 498 g/mol. The van der Waals surface area contributed by atoms with Gasteiger partial charge in [0.1, 0.15) is 5.75 Å². The van der Waals surface area contributed by atoms with Gasteiger partial charge in [0.15, 0.2) is 0 Å². The van der Waals surface area contributed by atoms with Crippen LogP contribution < -0.4 is 15.5 Å². The summed E-state index contributed by atoms with van der Waals surface area (Å²) < 4.78 is 5.48. The highest BCUT2D eigenvalue weighted by molar-refractivity contribution is 6.30. The predicted octanol–water partition coefficient (Wildman–Crippen LogP) is 5.58. The van der Waals surface area contributed by atoms with Crippen molar-refractivity contribution in [1.82, 2.24) is 5.43 Å². The molecule has 0 saturated heterocycles. The Morgan fingerprint density at radius 1 is 0.722 bits per heavy atom. The molecule has 4 rings (SSSR count). The number of esters is 1. The molecule has 0 aromatic heterocycles. The standard InChI is InChI=1S/C28H20ClN3O4/c29-23-15-13-19(14-16-23)26(33)31-24-11-6-10-21(17-24)27(34)32-30-18-22-9-4-5-12-25(22)36-28(35)20-7-2-1-3-8-20/h1-18H,(H,31,33)(H,32,34). The number of nitrogens with one attached hydrogen (secondary N) is 2. The van der Waals surface area contributed by atoms with Crippen LogP contribution in [0.5, 0.6) is 5.75 Å². The molecule has 0 bridgehead atoms. The molecule has 0 saturated carbocycles. The van der Waals surface area contributed by atoms with Gasteiger partial charge in [0.25, 0.3) is 11.8 Å². The number of carbonyl (C=O) groups is 3. The van der Waals surface area contributed by atoms with Crippen LogP contribution in [0.25, 0.3) is 0 Å². The molecule has 0 aliphatic rings. The van der Waals surface area contributed by atoms with E-state index in [4.69, 9.17) is 16.3 Å². The Morgan fingerprint density at radius 2 is 1.42 bits per heavy atom. The number of hydrazone groups is 1. The first-order valence-electron chi connectivity index (χ1n) is 10.9. The van der Waals surface area contributed by atoms with Crippen LogP contribution in [0.15, 0.2) is 108 Å². The van der Waals surface area contributed by atoms with E-state index in [-0.39, 0.29) is 5.91 Å². The Balaban J connectivity index is 1.39. The number of rotatable bonds is 7. The molecule has 0 aliphatic carbocycles. The summed E-state index contributed by atoms with van der Waals surface area (Å²) >= 11 is 5.86. The lowest BCUT2D eigenvalue weighted by atomic mass is 10.1. The lowest BCUT2D eigenvalue weighted by molar-refractivity contribution is 0.0734. The second-order valence-electron chi connectivity index (χ2n) is 7.53. The number of benzene rings is 4. The third-order valence-corrected chi connectivity index (χ3v) is 5.24. The van der Waals surface area contributed by atoms with Gasteiger partial charge in [-0.2, -0.15) is 5.10 Å². The average Bonchev–Trinajstić information content (AvgIpc) is 2.90. The number of hydrogen-bond donors (Lipinski definition) is 2. The molecule has 178 valence electrons. The lowest BCUT2D eigenvalue weighted by Gasteiger charge is -2.08. The van der Waals surface area contributed by atoms with Crippen molar-refractivity contribution in [2.45, 2.75) is 0 Å². The normalized spacial score (nSPS) is 10.6. The Morgan fingerprint density at radius 3 is 2.19 bits per heavy atom. The molecule has 0 atom stereocenters. The number of ether oxygens (including phenoxy) is 1. The van der Waals surface area contributed by atoms with E-state index in [9.17, 15) is 14.4 Å². The zero-order chi connectivity index (χ0) is 25.3. The number of anilines is 1. The van der Waals surface area contributed by atoms with Gasteiger partial charge in [0.2, 0.25) is 0 Å². The molecule has 36 heavy (non-hydrogen) atoms. The quantitative estimate of drug-likeness (QED) is 0.151. The highest BCUT2D eigenvalue weighted by Gasteiger charge is 2.11. The van der Waals surface area contributed by atoms with E-state index in [2.05, 4.69) is 15.8 Å². The smallest absolute Gasteiger partial charge is 0.343 e. The van der Waals surface area contributed by atoms with Gasteiger partial charge in [-0.05, 0) is 66.7 Å². The highest BCUT2D eigenvalue weighted by atomic mass is 35.5. The molecule has 0 spiro atoms. The number of amides is 2. The number of para-hydroxylation sites is 1. The molecule has 4 aromatic rings. The van der Waals surface area contributed by atoms with Gasteiger partial charge in [-0.1, -0.05) is 48.0 Å². The molecule has 2 N–H and O–H groups in total. The van der Waals surface area contributed by atoms with Gasteiger partial charge in [0, 0.05) is 27.4 Å². The first-order valence-corrected chi connectivity index (χ1v) is 11.2. The summed E-state index contributed by atoms with van der Waals surface area (Å²) in [6.07, 6.45) is 1.39. The summed E-state index contributed by atoms with van der Waals surface area (Å²) in [5.74, 6) is -1.01. The first-order chi connectivity index (χ1) is 17.5. The zero-order valence-corrected chi connectivity index (χ0v) is 19.6. The molecule has 2 amide bonds. The van der Waals surface area contributed by atoms with E-state index >= 15 is 0 Å². The second-order valence-corrected chi connectivity index (χ2v) is 7.97. The van der Waals surface area contributed by atoms with Gasteiger partial charge < -0.3 is 10.1 Å². The molecule has 0 radical (unpaired) electrons. The van der Waals surface area contributed by atoms with Gasteiger partial charge in [0.05, 0.1) is 11.8 Å². The Hall–Kier alpha value is -4.75. The van der Waals surface area contributed by atoms with E-state index in [1.54, 1.807) is 91.0 Å². The molecule has 0 unspecified atom stereocenters. The summed E-state index contributed by atoms with van der Waals surface area (Å²) in [5.41, 5.74) is 4.54. The summed E-state index contributed by atoms with van der Waals surface area (Å²) in [5, 5.41) is 7.26. The fraction of sp³-hybridized carbons (Fsp3) is 0. The maximum absolute atomic E-state index is 12.6. The second kappa shape index (κ2) is 11.6. The Bertz CT molecular complexity index is 1420. The number of halogens is 1. The molecule has 4 aromatic carbocycles. The monoisotopic (exact) mass is 497 g/mol. The van der Waals surface area contributed by atoms with Crippen molar-refractivity contribution in [1.29, 1.82) is 0 Å². The van der Waals surface area contributed by atoms with Crippen LogP contribution in [0.2, 0.25) is 5.02 Å². The summed E-state index contributed by atoms with van der Waals surface area (Å²) in [6.45, 7) is 0. The van der Waals surface area contributed by atoms with Crippen molar-refractivity contribution < 1.29 is 19.1 Å². The molecule has 0 heterocycles. The van der Waals surface area contributed by atoms with Crippen molar-refractivity contribution >= 4 is 41.3 Å². The topological polar surface area (TPSA) is 96.9 Å². The third-order valence-electron chi connectivity index (χ3n) is 4.99. The molecular formula is C28H20ClN3O4.